The molecule has 2 N–H and O–H groups in total. The number of benzene rings is 1. The zero-order chi connectivity index (χ0) is 16.0. The van der Waals surface area contributed by atoms with Crippen LogP contribution in [0.5, 0.6) is 11.5 Å². The average Bonchev–Trinajstić information content (AvgIpc) is 2.42. The molecular weight excluding hydrogens is 294 g/mol. The highest BCUT2D eigenvalue weighted by molar-refractivity contribution is 7.89. The second kappa shape index (κ2) is 7.60. The minimum atomic E-state index is -3.65. The Balaban J connectivity index is 3.34. The molecule has 0 atom stereocenters. The lowest BCUT2D eigenvalue weighted by Gasteiger charge is -2.17. The van der Waals surface area contributed by atoms with Crippen LogP contribution in [0.2, 0.25) is 0 Å². The van der Waals surface area contributed by atoms with Crippen LogP contribution in [0.4, 0.5) is 0 Å². The maximum atomic E-state index is 12.3. The van der Waals surface area contributed by atoms with Gasteiger partial charge in [-0.05, 0) is 12.6 Å². The normalized spacial score (nSPS) is 11.7. The molecule has 0 aliphatic carbocycles. The number of hydrogen-bond donors (Lipinski definition) is 2. The average molecular weight is 317 g/mol. The highest BCUT2D eigenvalue weighted by Crippen LogP contribution is 2.34. The quantitative estimate of drug-likeness (QED) is 0.682. The minimum Gasteiger partial charge on any atom is -0.493 e. The Kier molecular flexibility index (Phi) is 6.41. The fraction of sp³-hybridized carbons (Fsp3) is 0.538. The Morgan fingerprint density at radius 3 is 2.33 bits per heavy atom. The van der Waals surface area contributed by atoms with Gasteiger partial charge in [0.1, 0.15) is 0 Å². The van der Waals surface area contributed by atoms with Crippen molar-refractivity contribution in [2.24, 2.45) is 0 Å². The monoisotopic (exact) mass is 317 g/mol. The molecule has 0 unspecified atom stereocenters. The summed E-state index contributed by atoms with van der Waals surface area (Å²) in [5.41, 5.74) is 0.720. The summed E-state index contributed by atoms with van der Waals surface area (Å²) in [6, 6.07) is 3.02. The first-order chi connectivity index (χ1) is 9.85. The molecule has 1 rings (SSSR count). The first kappa shape index (κ1) is 17.7. The van der Waals surface area contributed by atoms with Crippen molar-refractivity contribution in [2.75, 3.05) is 34.9 Å². The van der Waals surface area contributed by atoms with Gasteiger partial charge in [0.15, 0.2) is 11.5 Å². The number of ether oxygens (including phenoxy) is 2. The van der Waals surface area contributed by atoms with Crippen molar-refractivity contribution >= 4 is 10.0 Å². The van der Waals surface area contributed by atoms with Crippen LogP contribution in [0.1, 0.15) is 12.5 Å². The van der Waals surface area contributed by atoms with Gasteiger partial charge in [-0.15, -0.1) is 4.83 Å². The van der Waals surface area contributed by atoms with E-state index in [2.05, 4.69) is 10.1 Å². The summed E-state index contributed by atoms with van der Waals surface area (Å²) in [6.45, 7) is 3.22. The molecule has 0 aromatic heterocycles. The lowest BCUT2D eigenvalue weighted by molar-refractivity contribution is 0.348. The largest absolute Gasteiger partial charge is 0.493 e. The Morgan fingerprint density at radius 2 is 1.86 bits per heavy atom. The van der Waals surface area contributed by atoms with E-state index in [1.54, 1.807) is 20.2 Å². The zero-order valence-corrected chi connectivity index (χ0v) is 13.9. The SMILES string of the molecule is CCNCc1cc(S(=O)(=O)NN(C)C)cc(OC)c1OC. The van der Waals surface area contributed by atoms with E-state index in [1.165, 1.54) is 25.3 Å². The van der Waals surface area contributed by atoms with Crippen LogP contribution in [0, 0.1) is 0 Å². The molecular formula is C13H23N3O4S. The van der Waals surface area contributed by atoms with Crippen LogP contribution >= 0.6 is 0 Å². The predicted octanol–water partition coefficient (Wildman–Crippen LogP) is 0.568. The predicted molar refractivity (Wildman–Crippen MR) is 80.9 cm³/mol. The third-order valence-electron chi connectivity index (χ3n) is 2.71. The summed E-state index contributed by atoms with van der Waals surface area (Å²) >= 11 is 0. The second-order valence-electron chi connectivity index (χ2n) is 4.59. The fourth-order valence-corrected chi connectivity index (χ4v) is 3.00. The van der Waals surface area contributed by atoms with Crippen LogP contribution in [0.15, 0.2) is 17.0 Å². The van der Waals surface area contributed by atoms with Gasteiger partial charge in [-0.25, -0.2) is 13.4 Å². The Morgan fingerprint density at radius 1 is 1.19 bits per heavy atom. The van der Waals surface area contributed by atoms with E-state index >= 15 is 0 Å². The molecule has 21 heavy (non-hydrogen) atoms. The lowest BCUT2D eigenvalue weighted by Crippen LogP contribution is -2.36. The molecule has 0 amide bonds. The molecule has 0 aliphatic heterocycles. The van der Waals surface area contributed by atoms with Crippen molar-refractivity contribution in [1.82, 2.24) is 15.2 Å². The van der Waals surface area contributed by atoms with Gasteiger partial charge in [-0.1, -0.05) is 6.92 Å². The van der Waals surface area contributed by atoms with Crippen molar-refractivity contribution in [3.8, 4) is 11.5 Å². The van der Waals surface area contributed by atoms with Crippen molar-refractivity contribution < 1.29 is 17.9 Å². The molecule has 8 heteroatoms. The van der Waals surface area contributed by atoms with E-state index in [1.807, 2.05) is 6.92 Å². The van der Waals surface area contributed by atoms with Gasteiger partial charge in [0.05, 0.1) is 19.1 Å². The highest BCUT2D eigenvalue weighted by atomic mass is 32.2. The minimum absolute atomic E-state index is 0.127. The van der Waals surface area contributed by atoms with Gasteiger partial charge >= 0.3 is 0 Å². The number of sulfonamides is 1. The Labute approximate surface area is 126 Å². The lowest BCUT2D eigenvalue weighted by atomic mass is 10.2. The van der Waals surface area contributed by atoms with Crippen molar-refractivity contribution in [2.45, 2.75) is 18.4 Å². The van der Waals surface area contributed by atoms with Crippen molar-refractivity contribution in [1.29, 1.82) is 0 Å². The fourth-order valence-electron chi connectivity index (χ4n) is 1.85. The van der Waals surface area contributed by atoms with E-state index < -0.39 is 10.0 Å². The van der Waals surface area contributed by atoms with E-state index in [9.17, 15) is 8.42 Å². The molecule has 0 radical (unpaired) electrons. The van der Waals surface area contributed by atoms with Crippen LogP contribution < -0.4 is 19.6 Å². The summed E-state index contributed by atoms with van der Waals surface area (Å²) < 4.78 is 35.1. The maximum Gasteiger partial charge on any atom is 0.253 e. The van der Waals surface area contributed by atoms with Crippen molar-refractivity contribution in [3.05, 3.63) is 17.7 Å². The van der Waals surface area contributed by atoms with Gasteiger partial charge in [-0.2, -0.15) is 0 Å². The molecule has 0 heterocycles. The van der Waals surface area contributed by atoms with Gasteiger partial charge in [0, 0.05) is 32.3 Å². The molecule has 7 nitrogen and oxygen atoms in total. The van der Waals surface area contributed by atoms with Crippen LogP contribution in [0.25, 0.3) is 0 Å². The number of rotatable bonds is 8. The molecule has 0 bridgehead atoms. The number of methoxy groups -OCH3 is 2. The molecule has 0 saturated heterocycles. The summed E-state index contributed by atoms with van der Waals surface area (Å²) in [7, 11) is 2.57. The van der Waals surface area contributed by atoms with Gasteiger partial charge in [0.2, 0.25) is 0 Å². The highest BCUT2D eigenvalue weighted by Gasteiger charge is 2.20. The van der Waals surface area contributed by atoms with Gasteiger partial charge in [-0.3, -0.25) is 0 Å². The van der Waals surface area contributed by atoms with Crippen LogP contribution in [0.3, 0.4) is 0 Å². The van der Waals surface area contributed by atoms with Gasteiger partial charge < -0.3 is 14.8 Å². The van der Waals surface area contributed by atoms with E-state index in [0.29, 0.717) is 18.0 Å². The maximum absolute atomic E-state index is 12.3. The Bertz CT molecular complexity index is 573. The number of nitrogens with zero attached hydrogens (tertiary/aromatic N) is 1. The van der Waals surface area contributed by atoms with Crippen LogP contribution in [-0.2, 0) is 16.6 Å². The topological polar surface area (TPSA) is 79.9 Å². The van der Waals surface area contributed by atoms with E-state index in [4.69, 9.17) is 9.47 Å². The number of nitrogens with one attached hydrogen (secondary N) is 2. The third kappa shape index (κ3) is 4.57. The molecule has 120 valence electrons. The molecule has 1 aromatic rings. The standard InChI is InChI=1S/C13H23N3O4S/c1-6-14-9-10-7-11(21(17,18)15-16(2)3)8-12(19-4)13(10)20-5/h7-8,14-15H,6,9H2,1-5H3. The molecule has 0 fully saturated rings. The van der Waals surface area contributed by atoms with Crippen molar-refractivity contribution in [3.63, 3.8) is 0 Å². The van der Waals surface area contributed by atoms with E-state index in [0.717, 1.165) is 12.1 Å². The first-order valence-electron chi connectivity index (χ1n) is 6.51. The Hall–Kier alpha value is -1.35. The summed E-state index contributed by atoms with van der Waals surface area (Å²) in [5, 5.41) is 4.52. The zero-order valence-electron chi connectivity index (χ0n) is 13.1. The second-order valence-corrected chi connectivity index (χ2v) is 6.25. The summed E-state index contributed by atoms with van der Waals surface area (Å²) in [6.07, 6.45) is 0. The molecule has 0 spiro atoms. The molecule has 1 aromatic carbocycles. The smallest absolute Gasteiger partial charge is 0.253 e. The van der Waals surface area contributed by atoms with Gasteiger partial charge in [0.25, 0.3) is 10.0 Å². The molecule has 0 saturated carbocycles. The molecule has 0 aliphatic rings. The summed E-state index contributed by atoms with van der Waals surface area (Å²) in [5.74, 6) is 0.911. The summed E-state index contributed by atoms with van der Waals surface area (Å²) in [4.78, 5) is 2.52. The van der Waals surface area contributed by atoms with E-state index in [-0.39, 0.29) is 4.90 Å². The first-order valence-corrected chi connectivity index (χ1v) is 7.99. The number of hydrogen-bond acceptors (Lipinski definition) is 6. The van der Waals surface area contributed by atoms with Crippen LogP contribution in [-0.4, -0.2) is 48.3 Å². The third-order valence-corrected chi connectivity index (χ3v) is 4.17. The number of hydrazine groups is 1.